The zero-order valence-electron chi connectivity index (χ0n) is 17.0. The standard InChI is InChI=1S/C20H21N5O5/c1-12(26)25-17(11-24-15-8-6-5-7-14(15)21-23-24)30-20(22-25)13-9-10-16(27-2)19(29-4)18(13)28-3/h5-10,17H,11H2,1-4H3. The molecule has 1 unspecified atom stereocenters. The number of hydrazone groups is 1. The summed E-state index contributed by atoms with van der Waals surface area (Å²) in [6.45, 7) is 1.68. The lowest BCUT2D eigenvalue weighted by molar-refractivity contribution is -0.135. The average Bonchev–Trinajstić information content (AvgIpc) is 3.37. The number of aromatic nitrogens is 3. The summed E-state index contributed by atoms with van der Waals surface area (Å²) in [5.74, 6) is 1.27. The van der Waals surface area contributed by atoms with Gasteiger partial charge in [-0.1, -0.05) is 17.3 Å². The summed E-state index contributed by atoms with van der Waals surface area (Å²) >= 11 is 0. The second-order valence-electron chi connectivity index (χ2n) is 6.48. The van der Waals surface area contributed by atoms with Gasteiger partial charge in [0, 0.05) is 6.92 Å². The predicted octanol–water partition coefficient (Wildman–Crippen LogP) is 2.02. The van der Waals surface area contributed by atoms with Crippen LogP contribution >= 0.6 is 0 Å². The summed E-state index contributed by atoms with van der Waals surface area (Å²) < 4.78 is 24.0. The van der Waals surface area contributed by atoms with Gasteiger partial charge in [0.1, 0.15) is 12.1 Å². The van der Waals surface area contributed by atoms with E-state index in [9.17, 15) is 4.79 Å². The normalized spacial score (nSPS) is 15.7. The van der Waals surface area contributed by atoms with Crippen LogP contribution in [0.2, 0.25) is 0 Å². The largest absolute Gasteiger partial charge is 0.493 e. The number of nitrogens with zero attached hydrogens (tertiary/aromatic N) is 5. The third-order valence-corrected chi connectivity index (χ3v) is 4.73. The monoisotopic (exact) mass is 411 g/mol. The van der Waals surface area contributed by atoms with Crippen molar-refractivity contribution in [3.63, 3.8) is 0 Å². The maximum Gasteiger partial charge on any atom is 0.244 e. The van der Waals surface area contributed by atoms with Gasteiger partial charge in [0.05, 0.1) is 32.4 Å². The Morgan fingerprint density at radius 3 is 2.53 bits per heavy atom. The summed E-state index contributed by atoms with van der Waals surface area (Å²) in [5, 5.41) is 14.0. The highest BCUT2D eigenvalue weighted by molar-refractivity contribution is 6.00. The van der Waals surface area contributed by atoms with Gasteiger partial charge in [-0.25, -0.2) is 4.68 Å². The number of hydrogen-bond acceptors (Lipinski definition) is 8. The summed E-state index contributed by atoms with van der Waals surface area (Å²) in [4.78, 5) is 12.2. The van der Waals surface area contributed by atoms with Crippen LogP contribution in [0.4, 0.5) is 0 Å². The molecule has 1 aliphatic rings. The fraction of sp³-hybridized carbons (Fsp3) is 0.300. The van der Waals surface area contributed by atoms with E-state index in [0.29, 0.717) is 22.8 Å². The molecule has 0 saturated carbocycles. The number of para-hydroxylation sites is 1. The van der Waals surface area contributed by atoms with Crippen LogP contribution in [-0.4, -0.2) is 59.4 Å². The van der Waals surface area contributed by atoms with Gasteiger partial charge in [-0.3, -0.25) is 4.79 Å². The third kappa shape index (κ3) is 3.25. The van der Waals surface area contributed by atoms with E-state index >= 15 is 0 Å². The number of carbonyl (C=O) groups is 1. The molecule has 1 aromatic heterocycles. The topological polar surface area (TPSA) is 100 Å². The van der Waals surface area contributed by atoms with Crippen LogP contribution in [0, 0.1) is 0 Å². The molecule has 2 heterocycles. The summed E-state index contributed by atoms with van der Waals surface area (Å²) in [5.41, 5.74) is 2.13. The minimum absolute atomic E-state index is 0.234. The summed E-state index contributed by atoms with van der Waals surface area (Å²) in [6, 6.07) is 11.0. The van der Waals surface area contributed by atoms with E-state index in [-0.39, 0.29) is 18.3 Å². The highest BCUT2D eigenvalue weighted by Gasteiger charge is 2.35. The molecule has 10 heteroatoms. The number of carbonyl (C=O) groups excluding carboxylic acids is 1. The number of rotatable bonds is 6. The van der Waals surface area contributed by atoms with Crippen molar-refractivity contribution in [1.29, 1.82) is 0 Å². The Morgan fingerprint density at radius 1 is 1.07 bits per heavy atom. The highest BCUT2D eigenvalue weighted by atomic mass is 16.5. The molecule has 0 radical (unpaired) electrons. The molecule has 1 atom stereocenters. The Balaban J connectivity index is 1.68. The number of ether oxygens (including phenoxy) is 4. The van der Waals surface area contributed by atoms with Crippen molar-refractivity contribution < 1.29 is 23.7 Å². The van der Waals surface area contributed by atoms with Crippen molar-refractivity contribution in [3.8, 4) is 17.2 Å². The third-order valence-electron chi connectivity index (χ3n) is 4.73. The van der Waals surface area contributed by atoms with Crippen LogP contribution < -0.4 is 14.2 Å². The molecule has 0 bridgehead atoms. The lowest BCUT2D eigenvalue weighted by Crippen LogP contribution is -2.35. The molecule has 30 heavy (non-hydrogen) atoms. The van der Waals surface area contributed by atoms with Gasteiger partial charge in [-0.15, -0.1) is 10.2 Å². The molecule has 0 fully saturated rings. The van der Waals surface area contributed by atoms with Gasteiger partial charge in [0.2, 0.25) is 23.8 Å². The van der Waals surface area contributed by atoms with E-state index in [2.05, 4.69) is 15.4 Å². The Kier molecular flexibility index (Phi) is 5.13. The first-order chi connectivity index (χ1) is 14.6. The van der Waals surface area contributed by atoms with Crippen LogP contribution in [0.15, 0.2) is 41.5 Å². The molecule has 0 N–H and O–H groups in total. The van der Waals surface area contributed by atoms with E-state index in [1.807, 2.05) is 24.3 Å². The quantitative estimate of drug-likeness (QED) is 0.612. The first kappa shape index (κ1) is 19.5. The molecule has 156 valence electrons. The molecule has 2 aromatic carbocycles. The lowest BCUT2D eigenvalue weighted by atomic mass is 10.1. The number of fused-ring (bicyclic) bond motifs is 1. The lowest BCUT2D eigenvalue weighted by Gasteiger charge is -2.19. The average molecular weight is 411 g/mol. The Bertz CT molecular complexity index is 1130. The SMILES string of the molecule is COc1ccc(C2=NN(C(C)=O)C(Cn3nnc4ccccc43)O2)c(OC)c1OC. The van der Waals surface area contributed by atoms with Crippen LogP contribution in [0.3, 0.4) is 0 Å². The number of methoxy groups -OCH3 is 3. The summed E-state index contributed by atoms with van der Waals surface area (Å²) in [6.07, 6.45) is -0.694. The highest BCUT2D eigenvalue weighted by Crippen LogP contribution is 2.41. The van der Waals surface area contributed by atoms with Gasteiger partial charge in [-0.2, -0.15) is 5.01 Å². The molecule has 3 aromatic rings. The maximum atomic E-state index is 12.2. The molecule has 1 amide bonds. The van der Waals surface area contributed by atoms with Gasteiger partial charge >= 0.3 is 0 Å². The van der Waals surface area contributed by atoms with Gasteiger partial charge in [-0.05, 0) is 24.3 Å². The fourth-order valence-corrected chi connectivity index (χ4v) is 3.34. The van der Waals surface area contributed by atoms with E-state index in [1.54, 1.807) is 16.8 Å². The predicted molar refractivity (Wildman–Crippen MR) is 108 cm³/mol. The van der Waals surface area contributed by atoms with E-state index in [1.165, 1.54) is 33.3 Å². The van der Waals surface area contributed by atoms with Gasteiger partial charge < -0.3 is 18.9 Å². The zero-order valence-corrected chi connectivity index (χ0v) is 17.0. The van der Waals surface area contributed by atoms with Crippen molar-refractivity contribution in [2.45, 2.75) is 19.7 Å². The fourth-order valence-electron chi connectivity index (χ4n) is 3.34. The van der Waals surface area contributed by atoms with Crippen LogP contribution in [0.1, 0.15) is 12.5 Å². The second-order valence-corrected chi connectivity index (χ2v) is 6.48. The smallest absolute Gasteiger partial charge is 0.244 e. The van der Waals surface area contributed by atoms with Crippen molar-refractivity contribution in [2.24, 2.45) is 5.10 Å². The Hall–Kier alpha value is -3.82. The molecule has 4 rings (SSSR count). The van der Waals surface area contributed by atoms with E-state index in [4.69, 9.17) is 18.9 Å². The molecule has 0 spiro atoms. The van der Waals surface area contributed by atoms with Crippen LogP contribution in [-0.2, 0) is 16.1 Å². The Morgan fingerprint density at radius 2 is 1.83 bits per heavy atom. The van der Waals surface area contributed by atoms with Crippen molar-refractivity contribution >= 4 is 22.8 Å². The summed E-state index contributed by atoms with van der Waals surface area (Å²) in [7, 11) is 4.57. The number of hydrogen-bond donors (Lipinski definition) is 0. The second kappa shape index (κ2) is 7.90. The van der Waals surface area contributed by atoms with E-state index < -0.39 is 6.23 Å². The van der Waals surface area contributed by atoms with Gasteiger partial charge in [0.15, 0.2) is 11.5 Å². The van der Waals surface area contributed by atoms with Crippen LogP contribution in [0.5, 0.6) is 17.2 Å². The van der Waals surface area contributed by atoms with Crippen LogP contribution in [0.25, 0.3) is 11.0 Å². The number of benzene rings is 2. The van der Waals surface area contributed by atoms with Crippen molar-refractivity contribution in [3.05, 3.63) is 42.0 Å². The minimum atomic E-state index is -0.694. The van der Waals surface area contributed by atoms with Crippen molar-refractivity contribution in [2.75, 3.05) is 21.3 Å². The van der Waals surface area contributed by atoms with Gasteiger partial charge in [0.25, 0.3) is 0 Å². The molecule has 0 aliphatic carbocycles. The maximum absolute atomic E-state index is 12.2. The Labute approximate surface area is 172 Å². The zero-order chi connectivity index (χ0) is 21.3. The molecule has 1 aliphatic heterocycles. The minimum Gasteiger partial charge on any atom is -0.493 e. The molecular formula is C20H21N5O5. The first-order valence-electron chi connectivity index (χ1n) is 9.20. The molecule has 0 saturated heterocycles. The number of amides is 1. The molecule has 10 nitrogen and oxygen atoms in total. The van der Waals surface area contributed by atoms with Crippen molar-refractivity contribution in [1.82, 2.24) is 20.0 Å². The molecular weight excluding hydrogens is 390 g/mol. The van der Waals surface area contributed by atoms with E-state index in [0.717, 1.165) is 11.0 Å². The first-order valence-corrected chi connectivity index (χ1v) is 9.20.